The summed E-state index contributed by atoms with van der Waals surface area (Å²) >= 11 is 12.4. The van der Waals surface area contributed by atoms with Crippen LogP contribution >= 0.6 is 23.2 Å². The molecule has 0 aliphatic rings. The van der Waals surface area contributed by atoms with Crippen LogP contribution in [0.5, 0.6) is 5.75 Å². The summed E-state index contributed by atoms with van der Waals surface area (Å²) in [5.74, 6) is 0.158. The lowest BCUT2D eigenvalue weighted by molar-refractivity contribution is -0.142. The Morgan fingerprint density at radius 1 is 0.946 bits per heavy atom. The molecule has 3 aromatic rings. The fourth-order valence-corrected chi connectivity index (χ4v) is 4.32. The van der Waals surface area contributed by atoms with Crippen LogP contribution in [0, 0.1) is 13.8 Å². The van der Waals surface area contributed by atoms with Gasteiger partial charge >= 0.3 is 0 Å². The first-order valence-electron chi connectivity index (χ1n) is 12.5. The van der Waals surface area contributed by atoms with Gasteiger partial charge in [-0.2, -0.15) is 0 Å². The van der Waals surface area contributed by atoms with E-state index in [0.29, 0.717) is 28.8 Å². The normalized spacial score (nSPS) is 11.6. The molecule has 0 bridgehead atoms. The van der Waals surface area contributed by atoms with Gasteiger partial charge in [0.15, 0.2) is 6.61 Å². The Hall–Kier alpha value is -3.02. The highest BCUT2D eigenvalue weighted by Gasteiger charge is 2.30. The molecule has 0 aromatic heterocycles. The average molecular weight is 542 g/mol. The predicted molar refractivity (Wildman–Crippen MR) is 150 cm³/mol. The highest BCUT2D eigenvalue weighted by Crippen LogP contribution is 2.25. The Morgan fingerprint density at radius 3 is 2.41 bits per heavy atom. The molecule has 196 valence electrons. The van der Waals surface area contributed by atoms with Crippen molar-refractivity contribution >= 4 is 35.0 Å². The molecule has 1 N–H and O–H groups in total. The van der Waals surface area contributed by atoms with Crippen molar-refractivity contribution in [1.29, 1.82) is 0 Å². The number of hydrogen-bond acceptors (Lipinski definition) is 3. The van der Waals surface area contributed by atoms with Gasteiger partial charge in [-0.1, -0.05) is 85.1 Å². The fourth-order valence-electron chi connectivity index (χ4n) is 4.00. The molecule has 0 aliphatic heterocycles. The Bertz CT molecular complexity index is 1200. The number of nitrogens with zero attached hydrogens (tertiary/aromatic N) is 1. The van der Waals surface area contributed by atoms with Gasteiger partial charge in [-0.15, -0.1) is 0 Å². The number of halogens is 2. The largest absolute Gasteiger partial charge is 0.483 e. The van der Waals surface area contributed by atoms with Crippen molar-refractivity contribution in [2.24, 2.45) is 0 Å². The van der Waals surface area contributed by atoms with Gasteiger partial charge in [0.1, 0.15) is 11.8 Å². The summed E-state index contributed by atoms with van der Waals surface area (Å²) in [6, 6.07) is 19.9. The van der Waals surface area contributed by atoms with Crippen molar-refractivity contribution in [2.75, 3.05) is 13.2 Å². The molecule has 0 aliphatic carbocycles. The number of carbonyl (C=O) groups excluding carboxylic acids is 2. The van der Waals surface area contributed by atoms with Gasteiger partial charge in [-0.25, -0.2) is 0 Å². The zero-order chi connectivity index (χ0) is 26.8. The SMILES string of the molecule is CCCCNC(=O)[C@@H](Cc1ccccc1)N(Cc1ccc(Cl)c(Cl)c1)C(=O)COc1cccc(C)c1C. The summed E-state index contributed by atoms with van der Waals surface area (Å²) in [7, 11) is 0. The lowest BCUT2D eigenvalue weighted by atomic mass is 10.0. The molecular weight excluding hydrogens is 507 g/mol. The van der Waals surface area contributed by atoms with E-state index in [1.807, 2.05) is 68.4 Å². The fraction of sp³-hybridized carbons (Fsp3) is 0.333. The van der Waals surface area contributed by atoms with Crippen LogP contribution in [0.4, 0.5) is 0 Å². The number of benzene rings is 3. The molecule has 2 amide bonds. The van der Waals surface area contributed by atoms with Crippen molar-refractivity contribution < 1.29 is 14.3 Å². The van der Waals surface area contributed by atoms with E-state index in [-0.39, 0.29) is 25.0 Å². The van der Waals surface area contributed by atoms with Crippen molar-refractivity contribution in [1.82, 2.24) is 10.2 Å². The maximum absolute atomic E-state index is 13.7. The Morgan fingerprint density at radius 2 is 1.70 bits per heavy atom. The van der Waals surface area contributed by atoms with E-state index in [1.54, 1.807) is 17.0 Å². The first-order valence-corrected chi connectivity index (χ1v) is 13.3. The zero-order valence-corrected chi connectivity index (χ0v) is 23.1. The maximum Gasteiger partial charge on any atom is 0.261 e. The summed E-state index contributed by atoms with van der Waals surface area (Å²) in [5.41, 5.74) is 3.79. The summed E-state index contributed by atoms with van der Waals surface area (Å²) in [5, 5.41) is 3.84. The van der Waals surface area contributed by atoms with E-state index in [2.05, 4.69) is 12.2 Å². The number of aryl methyl sites for hydroxylation is 1. The number of carbonyl (C=O) groups is 2. The van der Waals surface area contributed by atoms with E-state index < -0.39 is 6.04 Å². The second-order valence-electron chi connectivity index (χ2n) is 9.11. The molecule has 1 atom stereocenters. The number of nitrogens with one attached hydrogen (secondary N) is 1. The molecule has 0 fully saturated rings. The highest BCUT2D eigenvalue weighted by molar-refractivity contribution is 6.42. The van der Waals surface area contributed by atoms with Gasteiger partial charge in [0.2, 0.25) is 5.91 Å². The first kappa shape index (κ1) is 28.5. The molecular formula is C30H34Cl2N2O3. The van der Waals surface area contributed by atoms with Crippen LogP contribution in [0.1, 0.15) is 42.0 Å². The van der Waals surface area contributed by atoms with E-state index in [0.717, 1.165) is 35.1 Å². The lowest BCUT2D eigenvalue weighted by Crippen LogP contribution is -2.51. The molecule has 0 radical (unpaired) electrons. The average Bonchev–Trinajstić information content (AvgIpc) is 2.89. The van der Waals surface area contributed by atoms with Crippen LogP contribution in [-0.2, 0) is 22.6 Å². The summed E-state index contributed by atoms with van der Waals surface area (Å²) < 4.78 is 5.95. The molecule has 0 unspecified atom stereocenters. The van der Waals surface area contributed by atoms with Gasteiger partial charge in [0.25, 0.3) is 5.91 Å². The van der Waals surface area contributed by atoms with Gasteiger partial charge in [-0.3, -0.25) is 9.59 Å². The Labute approximate surface area is 229 Å². The van der Waals surface area contributed by atoms with E-state index in [9.17, 15) is 9.59 Å². The van der Waals surface area contributed by atoms with Crippen LogP contribution in [0.15, 0.2) is 66.7 Å². The standard InChI is InChI=1S/C30H34Cl2N2O3/c1-4-5-16-33-30(36)27(18-23-11-7-6-8-12-23)34(19-24-14-15-25(31)26(32)17-24)29(35)20-37-28-13-9-10-21(2)22(28)3/h6-15,17,27H,4-5,16,18-20H2,1-3H3,(H,33,36)/t27-/m1/s1. The maximum atomic E-state index is 13.7. The number of rotatable bonds is 12. The van der Waals surface area contributed by atoms with Crippen molar-refractivity contribution in [3.63, 3.8) is 0 Å². The second kappa shape index (κ2) is 14.1. The molecule has 0 heterocycles. The zero-order valence-electron chi connectivity index (χ0n) is 21.6. The van der Waals surface area contributed by atoms with E-state index >= 15 is 0 Å². The highest BCUT2D eigenvalue weighted by atomic mass is 35.5. The van der Waals surface area contributed by atoms with Gasteiger partial charge in [-0.05, 0) is 60.7 Å². The Kier molecular flexibility index (Phi) is 10.8. The number of unbranched alkanes of at least 4 members (excludes halogenated alkanes) is 1. The van der Waals surface area contributed by atoms with Crippen LogP contribution < -0.4 is 10.1 Å². The Balaban J connectivity index is 1.92. The third-order valence-corrected chi connectivity index (χ3v) is 7.08. The van der Waals surface area contributed by atoms with Gasteiger partial charge in [0, 0.05) is 19.5 Å². The summed E-state index contributed by atoms with van der Waals surface area (Å²) in [6.07, 6.45) is 2.19. The number of hydrogen-bond donors (Lipinski definition) is 1. The van der Waals surface area contributed by atoms with Crippen molar-refractivity contribution in [3.8, 4) is 5.75 Å². The molecule has 0 saturated carbocycles. The molecule has 3 rings (SSSR count). The third-order valence-electron chi connectivity index (χ3n) is 6.34. The monoisotopic (exact) mass is 540 g/mol. The minimum absolute atomic E-state index is 0.185. The van der Waals surface area contributed by atoms with Crippen molar-refractivity contribution in [3.05, 3.63) is 99.0 Å². The predicted octanol–water partition coefficient (Wildman–Crippen LogP) is 6.55. The van der Waals surface area contributed by atoms with Gasteiger partial charge in [0.05, 0.1) is 10.0 Å². The first-order chi connectivity index (χ1) is 17.8. The topological polar surface area (TPSA) is 58.6 Å². The second-order valence-corrected chi connectivity index (χ2v) is 9.92. The van der Waals surface area contributed by atoms with Crippen molar-refractivity contribution in [2.45, 2.75) is 52.6 Å². The minimum Gasteiger partial charge on any atom is -0.483 e. The third kappa shape index (κ3) is 8.24. The summed E-state index contributed by atoms with van der Waals surface area (Å²) in [4.78, 5) is 28.7. The number of amides is 2. The van der Waals surface area contributed by atoms with Crippen LogP contribution in [0.25, 0.3) is 0 Å². The molecule has 3 aromatic carbocycles. The summed E-state index contributed by atoms with van der Waals surface area (Å²) in [6.45, 7) is 6.57. The molecule has 7 heteroatoms. The molecule has 0 saturated heterocycles. The quantitative estimate of drug-likeness (QED) is 0.265. The van der Waals surface area contributed by atoms with Crippen LogP contribution in [-0.4, -0.2) is 35.9 Å². The van der Waals surface area contributed by atoms with Crippen LogP contribution in [0.2, 0.25) is 10.0 Å². The molecule has 37 heavy (non-hydrogen) atoms. The minimum atomic E-state index is -0.733. The molecule has 5 nitrogen and oxygen atoms in total. The van der Waals surface area contributed by atoms with E-state index in [4.69, 9.17) is 27.9 Å². The number of ether oxygens (including phenoxy) is 1. The van der Waals surface area contributed by atoms with Gasteiger partial charge < -0.3 is 15.0 Å². The lowest BCUT2D eigenvalue weighted by Gasteiger charge is -2.31. The van der Waals surface area contributed by atoms with Crippen LogP contribution in [0.3, 0.4) is 0 Å². The van der Waals surface area contributed by atoms with E-state index in [1.165, 1.54) is 0 Å². The smallest absolute Gasteiger partial charge is 0.261 e. The molecule has 0 spiro atoms.